The van der Waals surface area contributed by atoms with Crippen LogP contribution in [0.15, 0.2) is 53.2 Å². The quantitative estimate of drug-likeness (QED) is 0.368. The van der Waals surface area contributed by atoms with Crippen LogP contribution in [0.2, 0.25) is 0 Å². The fraction of sp³-hybridized carbons (Fsp3) is 0.0588. The number of rotatable bonds is 4. The Morgan fingerprint density at radius 3 is 2.72 bits per heavy atom. The number of carbonyl (C=O) groups is 1. The third kappa shape index (κ3) is 3.23. The van der Waals surface area contributed by atoms with Crippen molar-refractivity contribution in [2.45, 2.75) is 0 Å². The van der Waals surface area contributed by atoms with Crippen LogP contribution in [0.4, 0.5) is 10.1 Å². The van der Waals surface area contributed by atoms with Crippen molar-refractivity contribution >= 4 is 23.6 Å². The first-order valence-electron chi connectivity index (χ1n) is 7.09. The molecule has 0 unspecified atom stereocenters. The Balaban J connectivity index is 1.99. The summed E-state index contributed by atoms with van der Waals surface area (Å²) in [6, 6.07) is 9.93. The van der Waals surface area contributed by atoms with Gasteiger partial charge in [-0.3, -0.25) is 10.1 Å². The monoisotopic (exact) mass is 342 g/mol. The Kier molecular flexibility index (Phi) is 4.25. The SMILES string of the molecule is COc1ccc(C2=N/C(=C\c3ccccc3F)C(=O)O2)cc1[N+](=O)[O-]. The molecular weight excluding hydrogens is 331 g/mol. The fourth-order valence-electron chi connectivity index (χ4n) is 2.24. The molecule has 0 bridgehead atoms. The summed E-state index contributed by atoms with van der Waals surface area (Å²) in [7, 11) is 1.31. The summed E-state index contributed by atoms with van der Waals surface area (Å²) >= 11 is 0. The Bertz CT molecular complexity index is 936. The van der Waals surface area contributed by atoms with Gasteiger partial charge in [-0.1, -0.05) is 18.2 Å². The lowest BCUT2D eigenvalue weighted by atomic mass is 10.2. The van der Waals surface area contributed by atoms with Gasteiger partial charge < -0.3 is 9.47 Å². The van der Waals surface area contributed by atoms with Crippen LogP contribution in [-0.4, -0.2) is 23.9 Å². The standard InChI is InChI=1S/C17H11FN2O5/c1-24-15-7-6-11(9-14(15)20(22)23)16-19-13(17(21)25-16)8-10-4-2-3-5-12(10)18/h2-9H,1H3/b13-8-. The van der Waals surface area contributed by atoms with Crippen molar-refractivity contribution < 1.29 is 23.6 Å². The van der Waals surface area contributed by atoms with E-state index in [2.05, 4.69) is 4.99 Å². The van der Waals surface area contributed by atoms with E-state index >= 15 is 0 Å². The van der Waals surface area contributed by atoms with Crippen LogP contribution in [0.25, 0.3) is 6.08 Å². The first-order chi connectivity index (χ1) is 12.0. The third-order valence-electron chi connectivity index (χ3n) is 3.44. The second-order valence-corrected chi connectivity index (χ2v) is 5.00. The van der Waals surface area contributed by atoms with Gasteiger partial charge in [-0.2, -0.15) is 0 Å². The lowest BCUT2D eigenvalue weighted by molar-refractivity contribution is -0.385. The molecule has 0 spiro atoms. The maximum Gasteiger partial charge on any atom is 0.363 e. The zero-order valence-electron chi connectivity index (χ0n) is 12.9. The highest BCUT2D eigenvalue weighted by molar-refractivity contribution is 6.13. The number of methoxy groups -OCH3 is 1. The first-order valence-corrected chi connectivity index (χ1v) is 7.09. The molecule has 1 aliphatic heterocycles. The third-order valence-corrected chi connectivity index (χ3v) is 3.44. The number of nitrogens with zero attached hydrogens (tertiary/aromatic N) is 2. The first kappa shape index (κ1) is 16.3. The molecule has 0 aromatic heterocycles. The van der Waals surface area contributed by atoms with Crippen LogP contribution in [0.1, 0.15) is 11.1 Å². The number of carbonyl (C=O) groups excluding carboxylic acids is 1. The largest absolute Gasteiger partial charge is 0.490 e. The van der Waals surface area contributed by atoms with Gasteiger partial charge >= 0.3 is 11.7 Å². The number of esters is 1. The molecule has 0 saturated carbocycles. The van der Waals surface area contributed by atoms with Gasteiger partial charge in [-0.25, -0.2) is 14.2 Å². The van der Waals surface area contributed by atoms with Crippen molar-refractivity contribution in [2.24, 2.45) is 4.99 Å². The highest BCUT2D eigenvalue weighted by Gasteiger charge is 2.26. The van der Waals surface area contributed by atoms with E-state index in [4.69, 9.17) is 9.47 Å². The van der Waals surface area contributed by atoms with Gasteiger partial charge in [-0.05, 0) is 24.3 Å². The highest BCUT2D eigenvalue weighted by Crippen LogP contribution is 2.29. The number of hydrogen-bond donors (Lipinski definition) is 0. The maximum absolute atomic E-state index is 13.7. The normalized spacial score (nSPS) is 15.0. The number of hydrogen-bond acceptors (Lipinski definition) is 6. The van der Waals surface area contributed by atoms with E-state index < -0.39 is 16.7 Å². The number of nitro groups is 1. The van der Waals surface area contributed by atoms with Crippen LogP contribution in [-0.2, 0) is 9.53 Å². The Labute approximate surface area is 141 Å². The second kappa shape index (κ2) is 6.52. The molecule has 0 saturated heterocycles. The van der Waals surface area contributed by atoms with Gasteiger partial charge in [0.15, 0.2) is 11.4 Å². The summed E-state index contributed by atoms with van der Waals surface area (Å²) in [5.74, 6) is -1.30. The second-order valence-electron chi connectivity index (χ2n) is 5.00. The molecule has 126 valence electrons. The van der Waals surface area contributed by atoms with Gasteiger partial charge in [0.25, 0.3) is 0 Å². The van der Waals surface area contributed by atoms with Gasteiger partial charge in [-0.15, -0.1) is 0 Å². The minimum absolute atomic E-state index is 0.0702. The topological polar surface area (TPSA) is 91.0 Å². The van der Waals surface area contributed by atoms with Gasteiger partial charge in [0.1, 0.15) is 5.82 Å². The van der Waals surface area contributed by atoms with Crippen molar-refractivity contribution in [3.8, 4) is 5.75 Å². The molecule has 0 radical (unpaired) electrons. The number of aliphatic imine (C=N–C) groups is 1. The van der Waals surface area contributed by atoms with E-state index in [1.54, 1.807) is 6.07 Å². The van der Waals surface area contributed by atoms with Gasteiger partial charge in [0.05, 0.1) is 12.0 Å². The Hall–Kier alpha value is -3.55. The van der Waals surface area contributed by atoms with E-state index in [9.17, 15) is 19.3 Å². The van der Waals surface area contributed by atoms with E-state index in [1.807, 2.05) is 0 Å². The predicted octanol–water partition coefficient (Wildman–Crippen LogP) is 3.09. The van der Waals surface area contributed by atoms with Crippen LogP contribution in [0.3, 0.4) is 0 Å². The average molecular weight is 342 g/mol. The maximum atomic E-state index is 13.7. The van der Waals surface area contributed by atoms with E-state index in [-0.39, 0.29) is 34.2 Å². The lowest BCUT2D eigenvalue weighted by Gasteiger charge is -2.03. The number of nitro benzene ring substituents is 1. The van der Waals surface area contributed by atoms with Crippen LogP contribution in [0.5, 0.6) is 5.75 Å². The van der Waals surface area contributed by atoms with Gasteiger partial charge in [0, 0.05) is 17.2 Å². The minimum atomic E-state index is -0.767. The molecule has 2 aromatic rings. The molecule has 7 nitrogen and oxygen atoms in total. The average Bonchev–Trinajstić information content (AvgIpc) is 2.97. The number of halogens is 1. The molecule has 0 aliphatic carbocycles. The number of cyclic esters (lactones) is 1. The number of ether oxygens (including phenoxy) is 2. The lowest BCUT2D eigenvalue weighted by Crippen LogP contribution is -2.06. The van der Waals surface area contributed by atoms with E-state index in [0.717, 1.165) is 0 Å². The number of benzene rings is 2. The molecule has 8 heteroatoms. The fourth-order valence-corrected chi connectivity index (χ4v) is 2.24. The molecule has 2 aromatic carbocycles. The van der Waals surface area contributed by atoms with Crippen molar-refractivity contribution in [1.29, 1.82) is 0 Å². The smallest absolute Gasteiger partial charge is 0.363 e. The molecule has 1 aliphatic rings. The molecule has 25 heavy (non-hydrogen) atoms. The Morgan fingerprint density at radius 1 is 1.28 bits per heavy atom. The summed E-state index contributed by atoms with van der Waals surface area (Å²) < 4.78 is 23.6. The summed E-state index contributed by atoms with van der Waals surface area (Å²) in [5.41, 5.74) is 0.0294. The van der Waals surface area contributed by atoms with E-state index in [1.165, 1.54) is 49.6 Å². The molecule has 0 fully saturated rings. The molecule has 0 amide bonds. The molecular formula is C17H11FN2O5. The molecule has 0 N–H and O–H groups in total. The van der Waals surface area contributed by atoms with Crippen molar-refractivity contribution in [1.82, 2.24) is 0 Å². The molecule has 0 atom stereocenters. The summed E-state index contributed by atoms with van der Waals surface area (Å²) in [5, 5.41) is 11.1. The Morgan fingerprint density at radius 2 is 2.04 bits per heavy atom. The van der Waals surface area contributed by atoms with Gasteiger partial charge in [0.2, 0.25) is 5.90 Å². The summed E-state index contributed by atoms with van der Waals surface area (Å²) in [4.78, 5) is 26.4. The summed E-state index contributed by atoms with van der Waals surface area (Å²) in [6.45, 7) is 0. The zero-order chi connectivity index (χ0) is 18.0. The van der Waals surface area contributed by atoms with Crippen molar-refractivity contribution in [3.05, 3.63) is 75.2 Å². The van der Waals surface area contributed by atoms with Crippen molar-refractivity contribution in [2.75, 3.05) is 7.11 Å². The minimum Gasteiger partial charge on any atom is -0.490 e. The predicted molar refractivity (Wildman–Crippen MR) is 86.7 cm³/mol. The highest BCUT2D eigenvalue weighted by atomic mass is 19.1. The zero-order valence-corrected chi connectivity index (χ0v) is 12.9. The van der Waals surface area contributed by atoms with Crippen LogP contribution < -0.4 is 4.74 Å². The van der Waals surface area contributed by atoms with Crippen LogP contribution >= 0.6 is 0 Å². The molecule has 3 rings (SSSR count). The molecule has 1 heterocycles. The summed E-state index contributed by atoms with van der Waals surface area (Å²) in [6.07, 6.45) is 1.25. The van der Waals surface area contributed by atoms with Crippen LogP contribution in [0, 0.1) is 15.9 Å². The van der Waals surface area contributed by atoms with Crippen molar-refractivity contribution in [3.63, 3.8) is 0 Å². The van der Waals surface area contributed by atoms with E-state index in [0.29, 0.717) is 0 Å².